The lowest BCUT2D eigenvalue weighted by molar-refractivity contribution is -0.139. The summed E-state index contributed by atoms with van der Waals surface area (Å²) < 4.78 is 0. The third kappa shape index (κ3) is 30.3. The van der Waals surface area contributed by atoms with Gasteiger partial charge < -0.3 is 108 Å². The lowest BCUT2D eigenvalue weighted by Gasteiger charge is -2.31. The van der Waals surface area contributed by atoms with Gasteiger partial charge in [-0.05, 0) is 136 Å². The molecule has 113 heavy (non-hydrogen) atoms. The molecule has 16 amide bonds. The van der Waals surface area contributed by atoms with E-state index in [9.17, 15) is 81.8 Å². The quantitative estimate of drug-likeness (QED) is 0.0132. The van der Waals surface area contributed by atoms with Gasteiger partial charge in [-0.3, -0.25) is 81.6 Å². The van der Waals surface area contributed by atoms with Gasteiger partial charge in [-0.2, -0.15) is 11.8 Å². The van der Waals surface area contributed by atoms with E-state index in [0.717, 1.165) is 0 Å². The zero-order valence-corrected chi connectivity index (χ0v) is 64.7. The highest BCUT2D eigenvalue weighted by Crippen LogP contribution is 2.22. The highest BCUT2D eigenvalue weighted by Gasteiger charge is 2.39. The van der Waals surface area contributed by atoms with Crippen molar-refractivity contribution in [2.45, 2.75) is 172 Å². The predicted molar refractivity (Wildman–Crippen MR) is 416 cm³/mol. The number of anilines is 1. The summed E-state index contributed by atoms with van der Waals surface area (Å²) in [6, 6.07) is 3.32. The number of H-pyrrole nitrogens is 2. The fourth-order valence-electron chi connectivity index (χ4n) is 11.7. The Hall–Kier alpha value is -12.0. The second kappa shape index (κ2) is 46.0. The zero-order valence-electron chi connectivity index (χ0n) is 63.9. The monoisotopic (exact) mass is 1590 g/mol. The molecule has 0 radical (unpaired) electrons. The molecule has 0 aliphatic heterocycles. The van der Waals surface area contributed by atoms with Gasteiger partial charge in [-0.1, -0.05) is 58.0 Å². The van der Waals surface area contributed by atoms with E-state index in [4.69, 9.17) is 34.4 Å². The van der Waals surface area contributed by atoms with E-state index >= 15 is 0 Å². The van der Waals surface area contributed by atoms with Gasteiger partial charge in [-0.15, -0.1) is 0 Å². The Kier molecular flexibility index (Phi) is 37.3. The molecule has 5 rings (SSSR count). The van der Waals surface area contributed by atoms with E-state index in [0.29, 0.717) is 44.8 Å². The van der Waals surface area contributed by atoms with Crippen molar-refractivity contribution in [1.29, 1.82) is 0 Å². The number of primary amides is 3. The number of aromatic amines is 2. The minimum absolute atomic E-state index is 0.0898. The normalized spacial score (nSPS) is 13.8. The van der Waals surface area contributed by atoms with Crippen LogP contribution < -0.4 is 92.9 Å². The molecule has 26 N–H and O–H groups in total. The molecule has 0 aliphatic carbocycles. The third-order valence-corrected chi connectivity index (χ3v) is 18.5. The standard InChI is InChI=1S/C74H105N21O17S/c1-39(2)29-53(70(108)89-50(64(80)102)26-28-113-6)91-71(109)56(32-46-35-81-38-85-46)88-61(100)37-84-73(111)63(40(3)4)94-65(103)41(5)86-69(107)55(31-44-34-82-49-12-8-7-11-48(44)49)93-68(106)52(22-24-58(78)97)87-60(99)36-83-66(104)54(30-42-14-20-47(96)21-15-42)92-67(105)51(13-9-10-27-75)90-72(110)57(23-25-59(79)98)95(62(101)33-76)74(112)43-16-18-45(77)19-17-43/h7-8,11-12,14-21,34-35,38-41,50-57,63,82,96H,9-10,13,22-33,36-37,75-77H2,1-6H3,(H2,78,97)(H2,79,98)(H2,80,102)(H,81,85)(H,83,104)(H,84,111)(H,86,107)(H,87,99)(H,88,100)(H,89,108)(H,90,110)(H,91,109)(H,92,105)(H,93,106)(H,94,103)/t41-,50-,51-,52-,53-,54-,55-,56-,57-,63-/m0/s1. The number of aromatic nitrogens is 3. The molecule has 3 aromatic carbocycles. The molecule has 0 unspecified atom stereocenters. The molecule has 0 aliphatic rings. The van der Waals surface area contributed by atoms with Crippen LogP contribution in [0.3, 0.4) is 0 Å². The van der Waals surface area contributed by atoms with Crippen molar-refractivity contribution in [3.05, 3.63) is 114 Å². The number of phenols is 1. The van der Waals surface area contributed by atoms with E-state index in [-0.39, 0.29) is 74.4 Å². The number of fused-ring (bicyclic) bond motifs is 1. The summed E-state index contributed by atoms with van der Waals surface area (Å²) in [4.78, 5) is 230. The Morgan fingerprint density at radius 2 is 1.09 bits per heavy atom. The maximum absolute atomic E-state index is 14.6. The lowest BCUT2D eigenvalue weighted by atomic mass is 10.0. The van der Waals surface area contributed by atoms with Crippen LogP contribution in [0.1, 0.15) is 120 Å². The minimum atomic E-state index is -1.78. The van der Waals surface area contributed by atoms with Gasteiger partial charge in [0.25, 0.3) is 5.91 Å². The summed E-state index contributed by atoms with van der Waals surface area (Å²) >= 11 is 1.44. The van der Waals surface area contributed by atoms with E-state index in [1.165, 1.54) is 79.7 Å². The molecule has 2 aromatic heterocycles. The molecular formula is C74H105N21O17S. The Morgan fingerprint density at radius 3 is 1.67 bits per heavy atom. The molecule has 0 fully saturated rings. The van der Waals surface area contributed by atoms with Crippen molar-refractivity contribution >= 4 is 123 Å². The smallest absolute Gasteiger partial charge is 0.261 e. The first-order chi connectivity index (χ1) is 53.6. The van der Waals surface area contributed by atoms with Crippen LogP contribution in [0.25, 0.3) is 10.9 Å². The molecule has 5 aromatic rings. The number of para-hydroxylation sites is 1. The second-order valence-electron chi connectivity index (χ2n) is 27.7. The van der Waals surface area contributed by atoms with Gasteiger partial charge >= 0.3 is 0 Å². The van der Waals surface area contributed by atoms with Crippen LogP contribution in [0, 0.1) is 11.8 Å². The number of amides is 16. The van der Waals surface area contributed by atoms with E-state index < -0.39 is 206 Å². The van der Waals surface area contributed by atoms with Crippen molar-refractivity contribution < 1.29 is 81.8 Å². The molecular weight excluding hydrogens is 1490 g/mol. The number of nitrogen functional groups attached to an aromatic ring is 1. The summed E-state index contributed by atoms with van der Waals surface area (Å²) in [6.45, 7) is 5.85. The maximum Gasteiger partial charge on any atom is 0.261 e. The van der Waals surface area contributed by atoms with Crippen molar-refractivity contribution in [2.75, 3.05) is 43.9 Å². The van der Waals surface area contributed by atoms with Crippen LogP contribution in [0.2, 0.25) is 0 Å². The largest absolute Gasteiger partial charge is 0.508 e. The van der Waals surface area contributed by atoms with Crippen LogP contribution in [0.15, 0.2) is 91.5 Å². The fraction of sp³-hybridized carbons (Fsp3) is 0.473. The van der Waals surface area contributed by atoms with E-state index in [2.05, 4.69) is 73.4 Å². The number of rotatable bonds is 48. The summed E-state index contributed by atoms with van der Waals surface area (Å²) in [5.41, 5.74) is 35.9. The van der Waals surface area contributed by atoms with Crippen molar-refractivity contribution in [1.82, 2.24) is 78.3 Å². The summed E-state index contributed by atoms with van der Waals surface area (Å²) in [6.07, 6.45) is 4.28. The number of hydrogen-bond donors (Lipinski definition) is 20. The zero-order chi connectivity index (χ0) is 83.6. The molecule has 0 saturated heterocycles. The second-order valence-corrected chi connectivity index (χ2v) is 28.6. The fourth-order valence-corrected chi connectivity index (χ4v) is 12.2. The first-order valence-corrected chi connectivity index (χ1v) is 38.1. The summed E-state index contributed by atoms with van der Waals surface area (Å²) in [5, 5.41) is 38.8. The predicted octanol–water partition coefficient (Wildman–Crippen LogP) is -3.58. The van der Waals surface area contributed by atoms with Crippen LogP contribution >= 0.6 is 11.8 Å². The number of carbonyl (C=O) groups excluding carboxylic acids is 16. The van der Waals surface area contributed by atoms with Crippen molar-refractivity contribution in [2.24, 2.45) is 40.5 Å². The number of phenolic OH excluding ortho intramolecular Hbond substituents is 1. The molecule has 0 bridgehead atoms. The maximum atomic E-state index is 14.6. The van der Waals surface area contributed by atoms with Gasteiger partial charge in [0.05, 0.1) is 31.7 Å². The van der Waals surface area contributed by atoms with E-state index in [1.807, 2.05) is 20.1 Å². The number of nitrogens with one attached hydrogen (secondary N) is 13. The summed E-state index contributed by atoms with van der Waals surface area (Å²) in [7, 11) is 0. The SMILES string of the molecule is CSCC[C@H](NC(=O)[C@H](CC(C)C)NC(=O)[C@H](Cc1c[nH]cn1)NC(=O)CNC(=O)[C@@H](NC(=O)[C@H](C)NC(=O)[C@H](Cc1c[nH]c2ccccc12)NC(=O)[C@H](CCC(N)=O)NC(=O)CNC(=O)[C@H](Cc1ccc(O)cc1)NC(=O)[C@H](CCCCN)NC(=O)[C@H](CCC(N)=O)N(C(=O)CN)C(=O)c1ccc(N)cc1)C(C)C)C(N)=O. The minimum Gasteiger partial charge on any atom is -0.508 e. The molecule has 2 heterocycles. The number of nitrogens with zero attached hydrogens (tertiary/aromatic N) is 2. The molecule has 39 heteroatoms. The number of nitrogens with two attached hydrogens (primary N) is 6. The van der Waals surface area contributed by atoms with Gasteiger partial charge in [0.1, 0.15) is 66.2 Å². The average Bonchev–Trinajstić information content (AvgIpc) is 1.76. The number of carbonyl (C=O) groups is 16. The van der Waals surface area contributed by atoms with E-state index in [1.54, 1.807) is 44.3 Å². The number of aromatic hydroxyl groups is 1. The third-order valence-electron chi connectivity index (χ3n) is 17.8. The van der Waals surface area contributed by atoms with Crippen molar-refractivity contribution in [3.63, 3.8) is 0 Å². The number of benzene rings is 3. The van der Waals surface area contributed by atoms with Gasteiger partial charge in [0.15, 0.2) is 0 Å². The van der Waals surface area contributed by atoms with Crippen LogP contribution in [0.4, 0.5) is 5.69 Å². The Balaban J connectivity index is 1.32. The number of imidazole rings is 1. The number of thioether (sulfide) groups is 1. The molecule has 38 nitrogen and oxygen atoms in total. The highest BCUT2D eigenvalue weighted by molar-refractivity contribution is 7.98. The lowest BCUT2D eigenvalue weighted by Crippen LogP contribution is -2.60. The first kappa shape index (κ1) is 91.6. The average molecular weight is 1590 g/mol. The molecule has 614 valence electrons. The Morgan fingerprint density at radius 1 is 0.540 bits per heavy atom. The highest BCUT2D eigenvalue weighted by atomic mass is 32.2. The summed E-state index contributed by atoms with van der Waals surface area (Å²) in [5.74, 6) is -15.3. The van der Waals surface area contributed by atoms with Gasteiger partial charge in [0, 0.05) is 66.7 Å². The first-order valence-electron chi connectivity index (χ1n) is 36.7. The molecule has 0 saturated carbocycles. The van der Waals surface area contributed by atoms with Crippen LogP contribution in [0.5, 0.6) is 5.75 Å². The van der Waals surface area contributed by atoms with Crippen molar-refractivity contribution in [3.8, 4) is 5.75 Å². The Bertz CT molecular complexity index is 4120. The number of hydrogen-bond acceptors (Lipinski definition) is 22. The molecule has 0 spiro atoms. The molecule has 10 atom stereocenters. The number of unbranched alkanes of at least 4 members (excludes halogenated alkanes) is 1. The number of imide groups is 1. The van der Waals surface area contributed by atoms with Crippen LogP contribution in [-0.2, 0) is 91.2 Å². The van der Waals surface area contributed by atoms with Crippen LogP contribution in [-0.4, -0.2) is 218 Å². The van der Waals surface area contributed by atoms with Gasteiger partial charge in [-0.25, -0.2) is 4.98 Å². The Labute approximate surface area is 656 Å². The topological polar surface area (TPSA) is 630 Å². The van der Waals surface area contributed by atoms with Gasteiger partial charge in [0.2, 0.25) is 88.6 Å².